The first-order valence-electron chi connectivity index (χ1n) is 14.5. The van der Waals surface area contributed by atoms with E-state index in [9.17, 15) is 21.6 Å². The van der Waals surface area contributed by atoms with Crippen LogP contribution in [0.25, 0.3) is 0 Å². The molecule has 44 heavy (non-hydrogen) atoms. The smallest absolute Gasteiger partial charge is 0.243 e. The number of halogens is 1. The average Bonchev–Trinajstić information content (AvgIpc) is 3.01. The third-order valence-electron chi connectivity index (χ3n) is 8.76. The molecule has 2 aliphatic rings. The number of ketones is 1. The van der Waals surface area contributed by atoms with Gasteiger partial charge in [-0.2, -0.15) is 8.61 Å². The van der Waals surface area contributed by atoms with Gasteiger partial charge in [0.05, 0.1) is 21.9 Å². The zero-order valence-corrected chi connectivity index (χ0v) is 26.8. The lowest BCUT2D eigenvalue weighted by molar-refractivity contribution is -0.132. The summed E-state index contributed by atoms with van der Waals surface area (Å²) in [5.41, 5.74) is 3.39. The minimum atomic E-state index is -4.09. The highest BCUT2D eigenvalue weighted by Crippen LogP contribution is 2.48. The van der Waals surface area contributed by atoms with Crippen LogP contribution in [-0.4, -0.2) is 43.8 Å². The van der Waals surface area contributed by atoms with Gasteiger partial charge in [0.15, 0.2) is 0 Å². The third kappa shape index (κ3) is 5.63. The highest BCUT2D eigenvalue weighted by molar-refractivity contribution is 7.89. The third-order valence-corrected chi connectivity index (χ3v) is 12.8. The van der Waals surface area contributed by atoms with Gasteiger partial charge in [-0.1, -0.05) is 89.5 Å². The second kappa shape index (κ2) is 11.9. The largest absolute Gasteiger partial charge is 0.299 e. The van der Waals surface area contributed by atoms with Crippen molar-refractivity contribution in [3.05, 3.63) is 130 Å². The summed E-state index contributed by atoms with van der Waals surface area (Å²) in [7, 11) is -8.17. The summed E-state index contributed by atoms with van der Waals surface area (Å²) in [4.78, 5) is 14.1. The monoisotopic (exact) mass is 648 g/mol. The molecule has 0 aromatic heterocycles. The van der Waals surface area contributed by atoms with Crippen LogP contribution >= 0.6 is 11.6 Å². The number of benzene rings is 4. The Morgan fingerprint density at radius 2 is 1.18 bits per heavy atom. The Balaban J connectivity index is 1.50. The highest BCUT2D eigenvalue weighted by atomic mass is 35.5. The number of piperidine rings is 2. The molecule has 0 amide bonds. The Labute approximate surface area is 264 Å². The number of rotatable bonds is 6. The number of carbonyl (C=O) groups is 1. The maximum atomic E-state index is 14.5. The van der Waals surface area contributed by atoms with Crippen molar-refractivity contribution in [2.24, 2.45) is 5.92 Å². The molecule has 0 N–H and O–H groups in total. The molecule has 0 bridgehead atoms. The first kappa shape index (κ1) is 30.7. The Morgan fingerprint density at radius 3 is 1.80 bits per heavy atom. The number of carbonyl (C=O) groups excluding carboxylic acids is 1. The summed E-state index contributed by atoms with van der Waals surface area (Å²) in [6.45, 7) is 3.69. The zero-order chi connectivity index (χ0) is 31.2. The Bertz CT molecular complexity index is 1880. The number of fused-ring (bicyclic) bond motifs is 1. The molecule has 6 rings (SSSR count). The van der Waals surface area contributed by atoms with E-state index in [1.165, 1.54) is 32.9 Å². The predicted molar refractivity (Wildman–Crippen MR) is 170 cm³/mol. The van der Waals surface area contributed by atoms with Crippen molar-refractivity contribution in [3.8, 4) is 0 Å². The van der Waals surface area contributed by atoms with Gasteiger partial charge in [0.25, 0.3) is 0 Å². The van der Waals surface area contributed by atoms with Crippen LogP contribution in [0.4, 0.5) is 0 Å². The molecule has 10 heteroatoms. The van der Waals surface area contributed by atoms with Crippen LogP contribution < -0.4 is 0 Å². The van der Waals surface area contributed by atoms with E-state index in [4.69, 9.17) is 11.6 Å². The van der Waals surface area contributed by atoms with Crippen LogP contribution in [0.1, 0.15) is 47.2 Å². The molecule has 2 heterocycles. The van der Waals surface area contributed by atoms with Crippen molar-refractivity contribution >= 4 is 37.4 Å². The molecular formula is C34H33ClN2O5S2. The van der Waals surface area contributed by atoms with Crippen LogP contribution in [0.5, 0.6) is 0 Å². The Hall–Kier alpha value is -3.34. The lowest BCUT2D eigenvalue weighted by Crippen LogP contribution is -2.60. The average molecular weight is 649 g/mol. The molecule has 2 saturated heterocycles. The van der Waals surface area contributed by atoms with Gasteiger partial charge in [-0.05, 0) is 67.8 Å². The molecular weight excluding hydrogens is 616 g/mol. The maximum absolute atomic E-state index is 14.5. The summed E-state index contributed by atoms with van der Waals surface area (Å²) in [5.74, 6) is -1.00. The van der Waals surface area contributed by atoms with Crippen molar-refractivity contribution in [3.63, 3.8) is 0 Å². The number of hydrogen-bond acceptors (Lipinski definition) is 5. The SMILES string of the molecule is Cc1ccc(C2C[C@H]3[C@@H](CN2S(=O)(=O)c2ccc(Cl)cc2)C(=O)C[C@@H](c2ccccc2)N3S(=O)(=O)c2ccc(C)cc2)cc1. The summed E-state index contributed by atoms with van der Waals surface area (Å²) in [5, 5.41) is 0.407. The van der Waals surface area contributed by atoms with E-state index in [-0.39, 0.29) is 35.0 Å². The van der Waals surface area contributed by atoms with E-state index in [0.29, 0.717) is 5.02 Å². The highest BCUT2D eigenvalue weighted by Gasteiger charge is 2.54. The topological polar surface area (TPSA) is 91.8 Å². The van der Waals surface area contributed by atoms with E-state index in [1.807, 2.05) is 68.4 Å². The summed E-state index contributed by atoms with van der Waals surface area (Å²) >= 11 is 6.06. The first-order valence-corrected chi connectivity index (χ1v) is 17.7. The van der Waals surface area contributed by atoms with Crippen LogP contribution in [0.2, 0.25) is 5.02 Å². The van der Waals surface area contributed by atoms with Crippen molar-refractivity contribution in [1.29, 1.82) is 0 Å². The van der Waals surface area contributed by atoms with Gasteiger partial charge in [0.1, 0.15) is 5.78 Å². The van der Waals surface area contributed by atoms with Gasteiger partial charge in [-0.25, -0.2) is 16.8 Å². The van der Waals surface area contributed by atoms with E-state index in [2.05, 4.69) is 0 Å². The van der Waals surface area contributed by atoms with Gasteiger partial charge in [0, 0.05) is 29.9 Å². The zero-order valence-electron chi connectivity index (χ0n) is 24.4. The Morgan fingerprint density at radius 1 is 0.659 bits per heavy atom. The van der Waals surface area contributed by atoms with Gasteiger partial charge >= 0.3 is 0 Å². The molecule has 0 radical (unpaired) electrons. The second-order valence-corrected chi connectivity index (χ2v) is 15.8. The van der Waals surface area contributed by atoms with Crippen LogP contribution in [0.15, 0.2) is 113 Å². The van der Waals surface area contributed by atoms with Crippen molar-refractivity contribution in [1.82, 2.24) is 8.61 Å². The summed E-state index contributed by atoms with van der Waals surface area (Å²) in [6.07, 6.45) is 0.0566. The molecule has 0 saturated carbocycles. The predicted octanol–water partition coefficient (Wildman–Crippen LogP) is 6.48. The molecule has 7 nitrogen and oxygen atoms in total. The normalized spacial score (nSPS) is 23.3. The standard InChI is InChI=1S/C34H33ClN2O5S2/c1-23-8-12-26(13-9-23)31-20-33-30(22-36(31)43(39,40)28-18-14-27(35)15-19-28)34(38)21-32(25-6-4-3-5-7-25)37(33)44(41,42)29-16-10-24(2)11-17-29/h3-19,30-33H,20-22H2,1-2H3/t30-,31?,32+,33+/m1/s1. The van der Waals surface area contributed by atoms with Crippen molar-refractivity contribution in [2.75, 3.05) is 6.54 Å². The molecule has 4 atom stereocenters. The van der Waals surface area contributed by atoms with Crippen LogP contribution in [-0.2, 0) is 24.8 Å². The van der Waals surface area contributed by atoms with Crippen LogP contribution in [0, 0.1) is 19.8 Å². The molecule has 2 aliphatic heterocycles. The van der Waals surface area contributed by atoms with E-state index < -0.39 is 44.1 Å². The lowest BCUT2D eigenvalue weighted by Gasteiger charge is -2.51. The summed E-state index contributed by atoms with van der Waals surface area (Å²) < 4.78 is 60.3. The van der Waals surface area contributed by atoms with Crippen LogP contribution in [0.3, 0.4) is 0 Å². The molecule has 4 aromatic rings. The fourth-order valence-electron chi connectivity index (χ4n) is 6.43. The molecule has 228 valence electrons. The van der Waals surface area contributed by atoms with E-state index >= 15 is 0 Å². The number of hydrogen-bond donors (Lipinski definition) is 0. The van der Waals surface area contributed by atoms with Gasteiger partial charge in [-0.3, -0.25) is 4.79 Å². The summed E-state index contributed by atoms with van der Waals surface area (Å²) in [6, 6.07) is 27.2. The lowest BCUT2D eigenvalue weighted by atomic mass is 9.77. The minimum Gasteiger partial charge on any atom is -0.299 e. The molecule has 0 aliphatic carbocycles. The molecule has 2 fully saturated rings. The second-order valence-electron chi connectivity index (χ2n) is 11.6. The van der Waals surface area contributed by atoms with Gasteiger partial charge < -0.3 is 0 Å². The minimum absolute atomic E-state index is 0.0553. The van der Waals surface area contributed by atoms with Crippen molar-refractivity contribution < 1.29 is 21.6 Å². The van der Waals surface area contributed by atoms with Gasteiger partial charge in [-0.15, -0.1) is 0 Å². The number of Topliss-reactive ketones (excluding diaryl/α,β-unsaturated/α-hetero) is 1. The quantitative estimate of drug-likeness (QED) is 0.239. The van der Waals surface area contributed by atoms with Gasteiger partial charge in [0.2, 0.25) is 20.0 Å². The number of aryl methyl sites for hydroxylation is 2. The Kier molecular flexibility index (Phi) is 8.28. The van der Waals surface area contributed by atoms with E-state index in [1.54, 1.807) is 24.3 Å². The maximum Gasteiger partial charge on any atom is 0.243 e. The molecule has 1 unspecified atom stereocenters. The fourth-order valence-corrected chi connectivity index (χ4v) is 10.1. The fraction of sp³-hybridized carbons (Fsp3) is 0.265. The molecule has 0 spiro atoms. The first-order chi connectivity index (χ1) is 21.0. The van der Waals surface area contributed by atoms with E-state index in [0.717, 1.165) is 22.3 Å². The number of nitrogens with zero attached hydrogens (tertiary/aromatic N) is 2. The number of sulfonamides is 2. The van der Waals surface area contributed by atoms with Crippen molar-refractivity contribution in [2.45, 2.75) is 54.6 Å². The molecule has 4 aromatic carbocycles.